The Kier molecular flexibility index (Phi) is 3.36. The third-order valence-corrected chi connectivity index (χ3v) is 4.47. The Hall–Kier alpha value is -2.03. The van der Waals surface area contributed by atoms with Gasteiger partial charge >= 0.3 is 0 Å². The van der Waals surface area contributed by atoms with Gasteiger partial charge in [-0.2, -0.15) is 0 Å². The minimum Gasteiger partial charge on any atom is -0.353 e. The third kappa shape index (κ3) is 2.27. The molecule has 0 amide bonds. The van der Waals surface area contributed by atoms with E-state index in [1.807, 2.05) is 26.0 Å². The Morgan fingerprint density at radius 1 is 1.10 bits per heavy atom. The lowest BCUT2D eigenvalue weighted by atomic mass is 10.0. The van der Waals surface area contributed by atoms with Crippen LogP contribution >= 0.6 is 0 Å². The number of anilines is 2. The molecule has 0 fully saturated rings. The van der Waals surface area contributed by atoms with Gasteiger partial charge in [0.15, 0.2) is 0 Å². The van der Waals surface area contributed by atoms with Crippen molar-refractivity contribution >= 4 is 11.4 Å². The van der Waals surface area contributed by atoms with Crippen molar-refractivity contribution in [1.29, 1.82) is 0 Å². The maximum absolute atomic E-state index is 14.3. The van der Waals surface area contributed by atoms with E-state index in [1.165, 1.54) is 11.4 Å². The van der Waals surface area contributed by atoms with E-state index in [4.69, 9.17) is 0 Å². The first kappa shape index (κ1) is 13.9. The van der Waals surface area contributed by atoms with E-state index in [-0.39, 0.29) is 12.0 Å². The summed E-state index contributed by atoms with van der Waals surface area (Å²) in [6.07, 6.45) is 0.225. The molecule has 2 aromatic carbocycles. The molecule has 110 valence electrons. The number of rotatable bonds is 2. The lowest BCUT2D eigenvalue weighted by molar-refractivity contribution is 0.587. The van der Waals surface area contributed by atoms with Crippen LogP contribution in [0.4, 0.5) is 15.8 Å². The fraction of sp³-hybridized carbons (Fsp3) is 0.333. The first-order valence-corrected chi connectivity index (χ1v) is 7.33. The maximum atomic E-state index is 14.3. The molecule has 3 heteroatoms. The average molecular weight is 284 g/mol. The Balaban J connectivity index is 2.00. The van der Waals surface area contributed by atoms with Crippen molar-refractivity contribution < 1.29 is 4.39 Å². The first-order valence-electron chi connectivity index (χ1n) is 7.33. The Morgan fingerprint density at radius 3 is 2.43 bits per heavy atom. The summed E-state index contributed by atoms with van der Waals surface area (Å²) in [5, 5.41) is 0. The molecule has 1 atom stereocenters. The van der Waals surface area contributed by atoms with Gasteiger partial charge in [-0.05, 0) is 50.1 Å². The zero-order chi connectivity index (χ0) is 15.1. The van der Waals surface area contributed by atoms with Crippen LogP contribution in [0.2, 0.25) is 0 Å². The highest BCUT2D eigenvalue weighted by molar-refractivity contribution is 5.77. The zero-order valence-corrected chi connectivity index (χ0v) is 13.0. The second kappa shape index (κ2) is 5.06. The van der Waals surface area contributed by atoms with E-state index in [0.717, 1.165) is 16.7 Å². The van der Waals surface area contributed by atoms with Gasteiger partial charge in [0, 0.05) is 19.2 Å². The lowest BCUT2D eigenvalue weighted by Crippen LogP contribution is -2.38. The molecule has 0 aromatic heterocycles. The van der Waals surface area contributed by atoms with Gasteiger partial charge in [-0.1, -0.05) is 18.2 Å². The van der Waals surface area contributed by atoms with Gasteiger partial charge in [-0.15, -0.1) is 0 Å². The van der Waals surface area contributed by atoms with E-state index >= 15 is 0 Å². The van der Waals surface area contributed by atoms with Crippen LogP contribution in [0.3, 0.4) is 0 Å². The summed E-state index contributed by atoms with van der Waals surface area (Å²) in [6.45, 7) is 6.67. The van der Waals surface area contributed by atoms with E-state index in [1.54, 1.807) is 6.07 Å². The molecule has 1 aliphatic heterocycles. The quantitative estimate of drug-likeness (QED) is 0.813. The number of halogens is 1. The number of nitrogens with zero attached hydrogens (tertiary/aromatic N) is 2. The highest BCUT2D eigenvalue weighted by Gasteiger charge is 2.30. The van der Waals surface area contributed by atoms with Crippen molar-refractivity contribution in [2.45, 2.75) is 33.5 Å². The van der Waals surface area contributed by atoms with Gasteiger partial charge in [0.1, 0.15) is 5.82 Å². The van der Waals surface area contributed by atoms with Crippen LogP contribution in [0.25, 0.3) is 0 Å². The van der Waals surface area contributed by atoms with Crippen molar-refractivity contribution in [3.8, 4) is 0 Å². The van der Waals surface area contributed by atoms with Crippen molar-refractivity contribution in [3.05, 3.63) is 58.9 Å². The number of para-hydroxylation sites is 2. The zero-order valence-electron chi connectivity index (χ0n) is 13.0. The molecule has 0 saturated heterocycles. The smallest absolute Gasteiger partial charge is 0.128 e. The van der Waals surface area contributed by atoms with Gasteiger partial charge in [-0.3, -0.25) is 0 Å². The Labute approximate surface area is 125 Å². The summed E-state index contributed by atoms with van der Waals surface area (Å²) in [7, 11) is 2.09. The predicted molar refractivity (Wildman–Crippen MR) is 86.4 cm³/mol. The van der Waals surface area contributed by atoms with Crippen molar-refractivity contribution in [1.82, 2.24) is 0 Å². The molecule has 1 heterocycles. The van der Waals surface area contributed by atoms with Crippen molar-refractivity contribution in [3.63, 3.8) is 0 Å². The summed E-state index contributed by atoms with van der Waals surface area (Å²) in [5.74, 6) is -0.105. The van der Waals surface area contributed by atoms with Gasteiger partial charge in [0.05, 0.1) is 17.5 Å². The van der Waals surface area contributed by atoms with Crippen LogP contribution < -0.4 is 9.80 Å². The van der Waals surface area contributed by atoms with Crippen LogP contribution in [0, 0.1) is 19.7 Å². The second-order valence-corrected chi connectivity index (χ2v) is 5.90. The number of benzene rings is 2. The molecular formula is C18H21FN2. The van der Waals surface area contributed by atoms with Crippen LogP contribution in [0.5, 0.6) is 0 Å². The van der Waals surface area contributed by atoms with Gasteiger partial charge < -0.3 is 9.80 Å². The topological polar surface area (TPSA) is 6.48 Å². The van der Waals surface area contributed by atoms with E-state index < -0.39 is 0 Å². The molecule has 1 aliphatic rings. The fourth-order valence-electron chi connectivity index (χ4n) is 3.15. The lowest BCUT2D eigenvalue weighted by Gasteiger charge is -2.28. The predicted octanol–water partition coefficient (Wildman–Crippen LogP) is 4.24. The minimum absolute atomic E-state index is 0.105. The van der Waals surface area contributed by atoms with Crippen molar-refractivity contribution in [2.24, 2.45) is 0 Å². The SMILES string of the molecule is Cc1cc(C)c(CN2c3ccccc3N(C)C2C)c(F)c1. The Bertz CT molecular complexity index is 658. The van der Waals surface area contributed by atoms with E-state index in [2.05, 4.69) is 42.0 Å². The normalized spacial score (nSPS) is 17.3. The maximum Gasteiger partial charge on any atom is 0.128 e. The summed E-state index contributed by atoms with van der Waals surface area (Å²) >= 11 is 0. The van der Waals surface area contributed by atoms with Crippen LogP contribution in [-0.2, 0) is 6.54 Å². The molecule has 0 N–H and O–H groups in total. The molecular weight excluding hydrogens is 263 g/mol. The molecule has 0 radical (unpaired) electrons. The molecule has 0 spiro atoms. The number of hydrogen-bond acceptors (Lipinski definition) is 2. The van der Waals surface area contributed by atoms with Crippen molar-refractivity contribution in [2.75, 3.05) is 16.8 Å². The van der Waals surface area contributed by atoms with Gasteiger partial charge in [0.25, 0.3) is 0 Å². The monoisotopic (exact) mass is 284 g/mol. The molecule has 0 saturated carbocycles. The summed E-state index contributed by atoms with van der Waals surface area (Å²) < 4.78 is 14.3. The highest BCUT2D eigenvalue weighted by atomic mass is 19.1. The highest BCUT2D eigenvalue weighted by Crippen LogP contribution is 2.39. The molecule has 3 rings (SSSR count). The standard InChI is InChI=1S/C18H21FN2/c1-12-9-13(2)15(16(19)10-12)11-21-14(3)20(4)17-7-5-6-8-18(17)21/h5-10,14H,11H2,1-4H3. The summed E-state index contributed by atoms with van der Waals surface area (Å²) in [4.78, 5) is 4.49. The largest absolute Gasteiger partial charge is 0.353 e. The molecule has 2 aromatic rings. The van der Waals surface area contributed by atoms with Gasteiger partial charge in [0.2, 0.25) is 0 Å². The van der Waals surface area contributed by atoms with Gasteiger partial charge in [-0.25, -0.2) is 4.39 Å². The van der Waals surface area contributed by atoms with E-state index in [9.17, 15) is 4.39 Å². The molecule has 1 unspecified atom stereocenters. The summed E-state index contributed by atoms with van der Waals surface area (Å²) in [6, 6.07) is 12.0. The molecule has 2 nitrogen and oxygen atoms in total. The number of aryl methyl sites for hydroxylation is 2. The minimum atomic E-state index is -0.105. The van der Waals surface area contributed by atoms with E-state index in [0.29, 0.717) is 6.54 Å². The molecule has 0 bridgehead atoms. The second-order valence-electron chi connectivity index (χ2n) is 5.90. The third-order valence-electron chi connectivity index (χ3n) is 4.47. The Morgan fingerprint density at radius 2 is 1.76 bits per heavy atom. The average Bonchev–Trinajstić information content (AvgIpc) is 2.67. The molecule has 21 heavy (non-hydrogen) atoms. The summed E-state index contributed by atoms with van der Waals surface area (Å²) in [5.41, 5.74) is 5.16. The molecule has 0 aliphatic carbocycles. The van der Waals surface area contributed by atoms with Crippen LogP contribution in [-0.4, -0.2) is 13.2 Å². The first-order chi connectivity index (χ1) is 9.99. The van der Waals surface area contributed by atoms with Crippen LogP contribution in [0.15, 0.2) is 36.4 Å². The number of hydrogen-bond donors (Lipinski definition) is 0. The van der Waals surface area contributed by atoms with Crippen LogP contribution in [0.1, 0.15) is 23.6 Å². The number of fused-ring (bicyclic) bond motifs is 1. The fourth-order valence-corrected chi connectivity index (χ4v) is 3.15.